The predicted molar refractivity (Wildman–Crippen MR) is 82.0 cm³/mol. The highest BCUT2D eigenvalue weighted by Gasteiger charge is 2.31. The molecular weight excluding hydrogens is 250 g/mol. The van der Waals surface area contributed by atoms with Gasteiger partial charge in [0.05, 0.1) is 7.11 Å². The zero-order valence-corrected chi connectivity index (χ0v) is 12.8. The maximum absolute atomic E-state index is 12.2. The van der Waals surface area contributed by atoms with E-state index in [0.29, 0.717) is 5.92 Å². The van der Waals surface area contributed by atoms with Crippen LogP contribution >= 0.6 is 0 Å². The van der Waals surface area contributed by atoms with Gasteiger partial charge in [-0.05, 0) is 30.4 Å². The molecule has 2 rings (SSSR count). The summed E-state index contributed by atoms with van der Waals surface area (Å²) in [4.78, 5) is 14.4. The molecule has 0 saturated heterocycles. The van der Waals surface area contributed by atoms with E-state index in [4.69, 9.17) is 4.74 Å². The molecule has 3 nitrogen and oxygen atoms in total. The molecule has 2 unspecified atom stereocenters. The average Bonchev–Trinajstić information content (AvgIpc) is 2.46. The summed E-state index contributed by atoms with van der Waals surface area (Å²) < 4.78 is 5.03. The Morgan fingerprint density at radius 2 is 2.20 bits per heavy atom. The van der Waals surface area contributed by atoms with E-state index in [2.05, 4.69) is 43.0 Å². The number of hydrogen-bond donors (Lipinski definition) is 0. The van der Waals surface area contributed by atoms with Crippen molar-refractivity contribution in [2.45, 2.75) is 45.6 Å². The van der Waals surface area contributed by atoms with Gasteiger partial charge in [0, 0.05) is 12.2 Å². The minimum absolute atomic E-state index is 0.109. The minimum atomic E-state index is -0.149. The van der Waals surface area contributed by atoms with Gasteiger partial charge >= 0.3 is 5.97 Å². The van der Waals surface area contributed by atoms with Crippen molar-refractivity contribution in [2.24, 2.45) is 5.92 Å². The van der Waals surface area contributed by atoms with E-state index in [9.17, 15) is 4.79 Å². The van der Waals surface area contributed by atoms with E-state index in [-0.39, 0.29) is 12.0 Å². The molecule has 1 heterocycles. The third kappa shape index (κ3) is 3.14. The lowest BCUT2D eigenvalue weighted by molar-refractivity contribution is -0.142. The van der Waals surface area contributed by atoms with E-state index >= 15 is 0 Å². The number of esters is 1. The SMILES string of the molecule is CCCCC(C(=O)OC)N1CC(C)Cc2ccccc21. The molecule has 110 valence electrons. The first kappa shape index (κ1) is 14.9. The Bertz CT molecular complexity index is 458. The zero-order valence-electron chi connectivity index (χ0n) is 12.8. The van der Waals surface area contributed by atoms with Gasteiger partial charge in [-0.3, -0.25) is 0 Å². The summed E-state index contributed by atoms with van der Waals surface area (Å²) in [6.07, 6.45) is 4.10. The topological polar surface area (TPSA) is 29.5 Å². The van der Waals surface area contributed by atoms with Gasteiger partial charge in [-0.25, -0.2) is 4.79 Å². The van der Waals surface area contributed by atoms with Crippen molar-refractivity contribution < 1.29 is 9.53 Å². The number of carbonyl (C=O) groups excluding carboxylic acids is 1. The lowest BCUT2D eigenvalue weighted by Gasteiger charge is -2.39. The second kappa shape index (κ2) is 6.78. The third-order valence-corrected chi connectivity index (χ3v) is 4.06. The van der Waals surface area contributed by atoms with Crippen molar-refractivity contribution in [3.8, 4) is 0 Å². The van der Waals surface area contributed by atoms with Gasteiger partial charge in [-0.1, -0.05) is 44.9 Å². The van der Waals surface area contributed by atoms with E-state index < -0.39 is 0 Å². The van der Waals surface area contributed by atoms with Crippen LogP contribution in [-0.4, -0.2) is 25.7 Å². The summed E-state index contributed by atoms with van der Waals surface area (Å²) in [5.74, 6) is 0.459. The Hall–Kier alpha value is -1.51. The molecule has 0 spiro atoms. The van der Waals surface area contributed by atoms with E-state index in [0.717, 1.165) is 32.2 Å². The molecule has 0 aromatic heterocycles. The summed E-state index contributed by atoms with van der Waals surface area (Å²) in [5, 5.41) is 0. The van der Waals surface area contributed by atoms with Crippen LogP contribution in [0.25, 0.3) is 0 Å². The highest BCUT2D eigenvalue weighted by atomic mass is 16.5. The molecule has 1 aliphatic heterocycles. The van der Waals surface area contributed by atoms with E-state index in [1.807, 2.05) is 0 Å². The molecule has 1 aromatic carbocycles. The molecule has 0 bridgehead atoms. The minimum Gasteiger partial charge on any atom is -0.467 e. The van der Waals surface area contributed by atoms with Crippen LogP contribution in [-0.2, 0) is 16.0 Å². The largest absolute Gasteiger partial charge is 0.467 e. The molecule has 20 heavy (non-hydrogen) atoms. The number of carbonyl (C=O) groups is 1. The first-order valence-electron chi connectivity index (χ1n) is 7.59. The van der Waals surface area contributed by atoms with Gasteiger partial charge in [0.2, 0.25) is 0 Å². The Morgan fingerprint density at radius 3 is 2.90 bits per heavy atom. The Balaban J connectivity index is 2.30. The molecule has 0 saturated carbocycles. The number of hydrogen-bond acceptors (Lipinski definition) is 3. The van der Waals surface area contributed by atoms with Crippen molar-refractivity contribution in [3.63, 3.8) is 0 Å². The van der Waals surface area contributed by atoms with Gasteiger partial charge in [-0.15, -0.1) is 0 Å². The van der Waals surface area contributed by atoms with Crippen LogP contribution in [0.4, 0.5) is 5.69 Å². The van der Waals surface area contributed by atoms with Crippen molar-refractivity contribution in [1.29, 1.82) is 0 Å². The zero-order chi connectivity index (χ0) is 14.5. The first-order valence-corrected chi connectivity index (χ1v) is 7.59. The third-order valence-electron chi connectivity index (χ3n) is 4.06. The van der Waals surface area contributed by atoms with Gasteiger partial charge < -0.3 is 9.64 Å². The molecule has 1 aliphatic rings. The van der Waals surface area contributed by atoms with E-state index in [1.54, 1.807) is 0 Å². The average molecular weight is 275 g/mol. The molecular formula is C17H25NO2. The number of fused-ring (bicyclic) bond motifs is 1. The van der Waals surface area contributed by atoms with Crippen molar-refractivity contribution in [1.82, 2.24) is 0 Å². The number of unbranched alkanes of at least 4 members (excludes halogenated alkanes) is 1. The highest BCUT2D eigenvalue weighted by molar-refractivity contribution is 5.80. The Morgan fingerprint density at radius 1 is 1.45 bits per heavy atom. The fourth-order valence-electron chi connectivity index (χ4n) is 3.07. The van der Waals surface area contributed by atoms with Crippen molar-refractivity contribution in [3.05, 3.63) is 29.8 Å². The molecule has 0 radical (unpaired) electrons. The van der Waals surface area contributed by atoms with Crippen LogP contribution in [0, 0.1) is 5.92 Å². The predicted octanol–water partition coefficient (Wildman–Crippen LogP) is 3.42. The maximum Gasteiger partial charge on any atom is 0.328 e. The lowest BCUT2D eigenvalue weighted by atomic mass is 9.92. The summed E-state index contributed by atoms with van der Waals surface area (Å²) in [5.41, 5.74) is 2.55. The number of ether oxygens (including phenoxy) is 1. The van der Waals surface area contributed by atoms with Crippen molar-refractivity contribution in [2.75, 3.05) is 18.6 Å². The summed E-state index contributed by atoms with van der Waals surface area (Å²) >= 11 is 0. The number of anilines is 1. The number of methoxy groups -OCH3 is 1. The summed E-state index contributed by atoms with van der Waals surface area (Å²) in [7, 11) is 1.49. The fourth-order valence-corrected chi connectivity index (χ4v) is 3.07. The second-order valence-electron chi connectivity index (χ2n) is 5.77. The van der Waals surface area contributed by atoms with Crippen LogP contribution in [0.2, 0.25) is 0 Å². The Labute approximate surface area is 121 Å². The van der Waals surface area contributed by atoms with Gasteiger partial charge in [-0.2, -0.15) is 0 Å². The normalized spacial score (nSPS) is 19.4. The molecule has 0 aliphatic carbocycles. The second-order valence-corrected chi connectivity index (χ2v) is 5.77. The Kier molecular flexibility index (Phi) is 5.05. The highest BCUT2D eigenvalue weighted by Crippen LogP contribution is 2.32. The smallest absolute Gasteiger partial charge is 0.328 e. The fraction of sp³-hybridized carbons (Fsp3) is 0.588. The molecule has 0 amide bonds. The molecule has 0 fully saturated rings. The molecule has 1 aromatic rings. The van der Waals surface area contributed by atoms with Crippen LogP contribution in [0.5, 0.6) is 0 Å². The number of nitrogens with zero attached hydrogens (tertiary/aromatic N) is 1. The molecule has 0 N–H and O–H groups in total. The monoisotopic (exact) mass is 275 g/mol. The van der Waals surface area contributed by atoms with Crippen LogP contribution in [0.15, 0.2) is 24.3 Å². The quantitative estimate of drug-likeness (QED) is 0.771. The number of benzene rings is 1. The summed E-state index contributed by atoms with van der Waals surface area (Å²) in [6.45, 7) is 5.33. The first-order chi connectivity index (χ1) is 9.67. The van der Waals surface area contributed by atoms with Gasteiger partial charge in [0.1, 0.15) is 6.04 Å². The standard InChI is InChI=1S/C17H25NO2/c1-4-5-9-16(17(19)20-3)18-12-13(2)11-14-8-6-7-10-15(14)18/h6-8,10,13,16H,4-5,9,11-12H2,1-3H3. The lowest BCUT2D eigenvalue weighted by Crippen LogP contribution is -2.47. The van der Waals surface area contributed by atoms with Gasteiger partial charge in [0.15, 0.2) is 0 Å². The molecule has 2 atom stereocenters. The van der Waals surface area contributed by atoms with Crippen LogP contribution < -0.4 is 4.90 Å². The summed E-state index contributed by atoms with van der Waals surface area (Å²) in [6, 6.07) is 8.28. The number of para-hydroxylation sites is 1. The van der Waals surface area contributed by atoms with Gasteiger partial charge in [0.25, 0.3) is 0 Å². The van der Waals surface area contributed by atoms with Crippen molar-refractivity contribution >= 4 is 11.7 Å². The van der Waals surface area contributed by atoms with E-state index in [1.165, 1.54) is 18.4 Å². The van der Waals surface area contributed by atoms with Crippen LogP contribution in [0.3, 0.4) is 0 Å². The number of rotatable bonds is 5. The van der Waals surface area contributed by atoms with Crippen LogP contribution in [0.1, 0.15) is 38.7 Å². The molecule has 3 heteroatoms. The maximum atomic E-state index is 12.2.